The van der Waals surface area contributed by atoms with Gasteiger partial charge in [-0.05, 0) is 60.8 Å². The van der Waals surface area contributed by atoms with E-state index in [2.05, 4.69) is 13.0 Å². The summed E-state index contributed by atoms with van der Waals surface area (Å²) < 4.78 is 14.0. The topological polar surface area (TPSA) is 0 Å². The maximum atomic E-state index is 14.0. The summed E-state index contributed by atoms with van der Waals surface area (Å²) in [5.74, 6) is 1.50. The van der Waals surface area contributed by atoms with E-state index in [0.29, 0.717) is 0 Å². The van der Waals surface area contributed by atoms with Gasteiger partial charge in [-0.15, -0.1) is 0 Å². The molecule has 2 fully saturated rings. The van der Waals surface area contributed by atoms with Crippen molar-refractivity contribution < 1.29 is 4.39 Å². The highest BCUT2D eigenvalue weighted by molar-refractivity contribution is 5.37. The minimum atomic E-state index is 0.0267. The lowest BCUT2D eigenvalue weighted by Gasteiger charge is -2.13. The van der Waals surface area contributed by atoms with Crippen molar-refractivity contribution in [2.45, 2.75) is 57.8 Å². The SMILES string of the molecule is Cc1cc(F)c(CC2CCCC2)cc1C1CC1. The van der Waals surface area contributed by atoms with Crippen molar-refractivity contribution in [3.8, 4) is 0 Å². The van der Waals surface area contributed by atoms with Crippen molar-refractivity contribution in [3.05, 3.63) is 34.6 Å². The number of hydrogen-bond donors (Lipinski definition) is 0. The molecule has 0 amide bonds. The Balaban J connectivity index is 1.84. The molecular formula is C16H21F. The molecule has 2 aliphatic carbocycles. The van der Waals surface area contributed by atoms with Crippen molar-refractivity contribution in [2.75, 3.05) is 0 Å². The van der Waals surface area contributed by atoms with Crippen LogP contribution in [0.2, 0.25) is 0 Å². The molecule has 0 heterocycles. The molecule has 92 valence electrons. The van der Waals surface area contributed by atoms with Crippen molar-refractivity contribution in [1.29, 1.82) is 0 Å². The zero-order valence-corrected chi connectivity index (χ0v) is 10.6. The molecule has 2 saturated carbocycles. The quantitative estimate of drug-likeness (QED) is 0.706. The predicted octanol–water partition coefficient (Wildman–Crippen LogP) is 4.74. The molecule has 0 bridgehead atoms. The van der Waals surface area contributed by atoms with E-state index in [-0.39, 0.29) is 5.82 Å². The predicted molar refractivity (Wildman–Crippen MR) is 68.8 cm³/mol. The van der Waals surface area contributed by atoms with Gasteiger partial charge in [0.05, 0.1) is 0 Å². The van der Waals surface area contributed by atoms with E-state index >= 15 is 0 Å². The molecule has 17 heavy (non-hydrogen) atoms. The summed E-state index contributed by atoms with van der Waals surface area (Å²) >= 11 is 0. The molecule has 0 nitrogen and oxygen atoms in total. The van der Waals surface area contributed by atoms with Crippen LogP contribution in [-0.4, -0.2) is 0 Å². The molecule has 1 aromatic rings. The van der Waals surface area contributed by atoms with Gasteiger partial charge in [0.25, 0.3) is 0 Å². The standard InChI is InChI=1S/C16H21F/c1-11-8-16(17)14(9-12-4-2-3-5-12)10-15(11)13-6-7-13/h8,10,12-13H,2-7,9H2,1H3. The van der Waals surface area contributed by atoms with Crippen molar-refractivity contribution in [1.82, 2.24) is 0 Å². The van der Waals surface area contributed by atoms with Gasteiger partial charge in [0.15, 0.2) is 0 Å². The first-order valence-electron chi connectivity index (χ1n) is 7.03. The zero-order valence-electron chi connectivity index (χ0n) is 10.6. The Kier molecular flexibility index (Phi) is 2.94. The second-order valence-electron chi connectivity index (χ2n) is 5.93. The summed E-state index contributed by atoms with van der Waals surface area (Å²) in [6, 6.07) is 3.93. The first kappa shape index (κ1) is 11.3. The zero-order chi connectivity index (χ0) is 11.8. The van der Waals surface area contributed by atoms with E-state index < -0.39 is 0 Å². The second-order valence-corrected chi connectivity index (χ2v) is 5.93. The summed E-state index contributed by atoms with van der Waals surface area (Å²) in [4.78, 5) is 0. The molecule has 0 unspecified atom stereocenters. The van der Waals surface area contributed by atoms with Gasteiger partial charge in [0.1, 0.15) is 5.82 Å². The summed E-state index contributed by atoms with van der Waals surface area (Å²) in [7, 11) is 0. The molecule has 0 atom stereocenters. The summed E-state index contributed by atoms with van der Waals surface area (Å²) in [5, 5.41) is 0. The van der Waals surface area contributed by atoms with Crippen LogP contribution < -0.4 is 0 Å². The molecule has 0 spiro atoms. The van der Waals surface area contributed by atoms with Crippen LogP contribution in [0.5, 0.6) is 0 Å². The Morgan fingerprint density at radius 1 is 1.12 bits per heavy atom. The van der Waals surface area contributed by atoms with E-state index in [1.54, 1.807) is 6.07 Å². The molecule has 0 aromatic heterocycles. The Bertz CT molecular complexity index is 412. The van der Waals surface area contributed by atoms with Crippen LogP contribution in [-0.2, 0) is 6.42 Å². The average Bonchev–Trinajstić information content (AvgIpc) is 3.00. The van der Waals surface area contributed by atoms with E-state index in [1.807, 2.05) is 0 Å². The Labute approximate surface area is 103 Å². The average molecular weight is 232 g/mol. The van der Waals surface area contributed by atoms with Gasteiger partial charge in [0.2, 0.25) is 0 Å². The largest absolute Gasteiger partial charge is 0.207 e. The van der Waals surface area contributed by atoms with Gasteiger partial charge < -0.3 is 0 Å². The van der Waals surface area contributed by atoms with Crippen LogP contribution in [0.4, 0.5) is 4.39 Å². The fourth-order valence-corrected chi connectivity index (χ4v) is 3.25. The fraction of sp³-hybridized carbons (Fsp3) is 0.625. The van der Waals surface area contributed by atoms with Crippen molar-refractivity contribution in [3.63, 3.8) is 0 Å². The molecule has 2 aliphatic rings. The van der Waals surface area contributed by atoms with E-state index in [4.69, 9.17) is 0 Å². The third-order valence-corrected chi connectivity index (χ3v) is 4.44. The fourth-order valence-electron chi connectivity index (χ4n) is 3.25. The van der Waals surface area contributed by atoms with Gasteiger partial charge in [-0.25, -0.2) is 4.39 Å². The lowest BCUT2D eigenvalue weighted by Crippen LogP contribution is -2.03. The highest BCUT2D eigenvalue weighted by Crippen LogP contribution is 2.42. The number of halogens is 1. The molecular weight excluding hydrogens is 211 g/mol. The van der Waals surface area contributed by atoms with Gasteiger partial charge in [-0.1, -0.05) is 31.7 Å². The van der Waals surface area contributed by atoms with Crippen LogP contribution in [0.15, 0.2) is 12.1 Å². The molecule has 1 aromatic carbocycles. The normalized spacial score (nSPS) is 21.1. The van der Waals surface area contributed by atoms with Crippen LogP contribution >= 0.6 is 0 Å². The Morgan fingerprint density at radius 2 is 1.82 bits per heavy atom. The number of rotatable bonds is 3. The third-order valence-electron chi connectivity index (χ3n) is 4.44. The molecule has 0 saturated heterocycles. The smallest absolute Gasteiger partial charge is 0.126 e. The first-order valence-corrected chi connectivity index (χ1v) is 7.03. The monoisotopic (exact) mass is 232 g/mol. The van der Waals surface area contributed by atoms with Gasteiger partial charge in [-0.3, -0.25) is 0 Å². The number of aryl methyl sites for hydroxylation is 1. The van der Waals surface area contributed by atoms with Crippen LogP contribution in [0.25, 0.3) is 0 Å². The molecule has 0 aliphatic heterocycles. The van der Waals surface area contributed by atoms with Crippen LogP contribution in [0, 0.1) is 18.7 Å². The van der Waals surface area contributed by atoms with E-state index in [1.165, 1.54) is 44.1 Å². The highest BCUT2D eigenvalue weighted by atomic mass is 19.1. The maximum absolute atomic E-state index is 14.0. The minimum Gasteiger partial charge on any atom is -0.207 e. The van der Waals surface area contributed by atoms with E-state index in [9.17, 15) is 4.39 Å². The Hall–Kier alpha value is -0.850. The Morgan fingerprint density at radius 3 is 2.47 bits per heavy atom. The third kappa shape index (κ3) is 2.38. The first-order chi connectivity index (χ1) is 8.24. The van der Waals surface area contributed by atoms with Crippen molar-refractivity contribution in [2.24, 2.45) is 5.92 Å². The van der Waals surface area contributed by atoms with E-state index in [0.717, 1.165) is 29.4 Å². The minimum absolute atomic E-state index is 0.0267. The maximum Gasteiger partial charge on any atom is 0.126 e. The summed E-state index contributed by atoms with van der Waals surface area (Å²) in [5.41, 5.74) is 3.55. The van der Waals surface area contributed by atoms with Crippen LogP contribution in [0.1, 0.15) is 61.1 Å². The van der Waals surface area contributed by atoms with Gasteiger partial charge >= 0.3 is 0 Å². The van der Waals surface area contributed by atoms with Gasteiger partial charge in [0, 0.05) is 0 Å². The number of benzene rings is 1. The lowest BCUT2D eigenvalue weighted by molar-refractivity contribution is 0.520. The number of hydrogen-bond acceptors (Lipinski definition) is 0. The molecule has 0 radical (unpaired) electrons. The molecule has 0 N–H and O–H groups in total. The lowest BCUT2D eigenvalue weighted by atomic mass is 9.93. The molecule has 1 heteroatoms. The van der Waals surface area contributed by atoms with Crippen molar-refractivity contribution >= 4 is 0 Å². The second kappa shape index (κ2) is 4.44. The van der Waals surface area contributed by atoms with Gasteiger partial charge in [-0.2, -0.15) is 0 Å². The molecule has 3 rings (SSSR count). The highest BCUT2D eigenvalue weighted by Gasteiger charge is 2.26. The van der Waals surface area contributed by atoms with Crippen LogP contribution in [0.3, 0.4) is 0 Å². The summed E-state index contributed by atoms with van der Waals surface area (Å²) in [6.07, 6.45) is 8.84. The summed E-state index contributed by atoms with van der Waals surface area (Å²) in [6.45, 7) is 2.05.